The lowest BCUT2D eigenvalue weighted by Crippen LogP contribution is -2.39. The summed E-state index contributed by atoms with van der Waals surface area (Å²) in [5.41, 5.74) is 6.91. The predicted octanol–water partition coefficient (Wildman–Crippen LogP) is 5.48. The van der Waals surface area contributed by atoms with Crippen molar-refractivity contribution in [3.05, 3.63) is 111 Å². The third kappa shape index (κ3) is 6.29. The standard InChI is InChI=1S/C40H32ClN7O5/c1-22-16-27-31(47(2)40(22)52)8-3-9-32(27)48-15-5-7-30-33(48)20-44-37(45-30)24-18-29(41)36(43-19-24)39(51)42-14-4-6-23-10-12-34-26(17-23)28(21-53-34)25-11-13-35(49)46-38(25)50/h3,8-10,12,16-21,25H,5,7,11,13-15H2,1-2H3,(H,42,51)(H,46,49,50). The van der Waals surface area contributed by atoms with Crippen LogP contribution in [0.4, 0.5) is 11.4 Å². The van der Waals surface area contributed by atoms with E-state index in [0.29, 0.717) is 40.1 Å². The van der Waals surface area contributed by atoms with Crippen LogP contribution in [0.15, 0.2) is 76.4 Å². The van der Waals surface area contributed by atoms with E-state index in [2.05, 4.69) is 43.4 Å². The van der Waals surface area contributed by atoms with Gasteiger partial charge < -0.3 is 19.2 Å². The molecule has 1 unspecified atom stereocenters. The molecule has 6 aromatic rings. The topological polar surface area (TPSA) is 152 Å². The Morgan fingerprint density at radius 3 is 2.75 bits per heavy atom. The Kier molecular flexibility index (Phi) is 8.72. The Morgan fingerprint density at radius 2 is 1.92 bits per heavy atom. The van der Waals surface area contributed by atoms with E-state index in [1.54, 1.807) is 42.3 Å². The number of carbonyl (C=O) groups excluding carboxylic acids is 3. The van der Waals surface area contributed by atoms with Crippen LogP contribution in [-0.4, -0.2) is 50.3 Å². The van der Waals surface area contributed by atoms with E-state index in [1.165, 1.54) is 6.20 Å². The van der Waals surface area contributed by atoms with Gasteiger partial charge in [0.05, 0.1) is 52.5 Å². The molecule has 4 aromatic heterocycles. The summed E-state index contributed by atoms with van der Waals surface area (Å²) in [6.45, 7) is 2.65. The fourth-order valence-corrected chi connectivity index (χ4v) is 7.32. The van der Waals surface area contributed by atoms with Gasteiger partial charge in [-0.05, 0) is 68.7 Å². The summed E-state index contributed by atoms with van der Waals surface area (Å²) < 4.78 is 7.33. The number of halogens is 1. The lowest BCUT2D eigenvalue weighted by atomic mass is 9.90. The minimum Gasteiger partial charge on any atom is -0.464 e. The normalized spacial score (nSPS) is 15.5. The van der Waals surface area contributed by atoms with Crippen molar-refractivity contribution in [2.75, 3.05) is 18.0 Å². The number of rotatable bonds is 5. The van der Waals surface area contributed by atoms with Gasteiger partial charge in [0.1, 0.15) is 11.3 Å². The maximum atomic E-state index is 13.0. The van der Waals surface area contributed by atoms with Crippen LogP contribution >= 0.6 is 11.6 Å². The minimum absolute atomic E-state index is 0.0180. The SMILES string of the molecule is Cc1cc2c(N3CCCc4nc(-c5cnc(C(=O)NCC#Cc6ccc7occ(C8CCC(=O)NC8=O)c7c6)c(Cl)c5)ncc43)cccc2n(C)c1=O. The molecule has 8 rings (SSSR count). The van der Waals surface area contributed by atoms with E-state index in [0.717, 1.165) is 52.7 Å². The molecule has 264 valence electrons. The van der Waals surface area contributed by atoms with E-state index in [-0.39, 0.29) is 41.1 Å². The molecule has 6 heterocycles. The van der Waals surface area contributed by atoms with Gasteiger partial charge in [-0.1, -0.05) is 29.5 Å². The number of furan rings is 1. The first-order chi connectivity index (χ1) is 25.7. The zero-order valence-electron chi connectivity index (χ0n) is 28.8. The molecule has 0 bridgehead atoms. The number of aryl methyl sites for hydroxylation is 3. The Hall–Kier alpha value is -6.32. The molecule has 2 aromatic carbocycles. The van der Waals surface area contributed by atoms with Gasteiger partial charge in [0.25, 0.3) is 11.5 Å². The Bertz CT molecular complexity index is 2640. The number of piperidine rings is 1. The fraction of sp³-hybridized carbons (Fsp3) is 0.225. The smallest absolute Gasteiger partial charge is 0.272 e. The maximum absolute atomic E-state index is 13.0. The number of amides is 3. The first kappa shape index (κ1) is 33.8. The Balaban J connectivity index is 0.961. The average molecular weight is 726 g/mol. The van der Waals surface area contributed by atoms with Crippen molar-refractivity contribution in [1.82, 2.24) is 30.2 Å². The molecule has 0 radical (unpaired) electrons. The van der Waals surface area contributed by atoms with Crippen LogP contribution in [0, 0.1) is 18.8 Å². The molecule has 2 N–H and O–H groups in total. The highest BCUT2D eigenvalue weighted by molar-refractivity contribution is 6.33. The molecule has 0 spiro atoms. The summed E-state index contributed by atoms with van der Waals surface area (Å²) in [6, 6.07) is 14.9. The summed E-state index contributed by atoms with van der Waals surface area (Å²) in [5.74, 6) is 4.85. The number of aromatic nitrogens is 4. The molecule has 13 heteroatoms. The second-order valence-corrected chi connectivity index (χ2v) is 13.5. The predicted molar refractivity (Wildman–Crippen MR) is 200 cm³/mol. The molecular weight excluding hydrogens is 694 g/mol. The molecule has 1 fully saturated rings. The molecule has 12 nitrogen and oxygen atoms in total. The number of hydrogen-bond donors (Lipinski definition) is 2. The van der Waals surface area contributed by atoms with Gasteiger partial charge in [-0.3, -0.25) is 24.5 Å². The van der Waals surface area contributed by atoms with Gasteiger partial charge in [0.2, 0.25) is 11.8 Å². The van der Waals surface area contributed by atoms with Crippen LogP contribution in [0.1, 0.15) is 58.1 Å². The zero-order chi connectivity index (χ0) is 36.8. The van der Waals surface area contributed by atoms with Gasteiger partial charge in [-0.15, -0.1) is 0 Å². The minimum atomic E-state index is -0.480. The molecule has 3 amide bonds. The van der Waals surface area contributed by atoms with E-state index in [9.17, 15) is 19.2 Å². The third-order valence-corrected chi connectivity index (χ3v) is 10.0. The molecular formula is C40H32ClN7O5. The van der Waals surface area contributed by atoms with Crippen molar-refractivity contribution in [3.63, 3.8) is 0 Å². The highest BCUT2D eigenvalue weighted by atomic mass is 35.5. The van der Waals surface area contributed by atoms with Crippen LogP contribution in [0.5, 0.6) is 0 Å². The Morgan fingerprint density at radius 1 is 1.06 bits per heavy atom. The highest BCUT2D eigenvalue weighted by Gasteiger charge is 2.30. The van der Waals surface area contributed by atoms with Crippen LogP contribution in [0.3, 0.4) is 0 Å². The fourth-order valence-electron chi connectivity index (χ4n) is 7.07. The maximum Gasteiger partial charge on any atom is 0.272 e. The van der Waals surface area contributed by atoms with Gasteiger partial charge >= 0.3 is 0 Å². The van der Waals surface area contributed by atoms with Crippen LogP contribution in [0.2, 0.25) is 5.02 Å². The summed E-state index contributed by atoms with van der Waals surface area (Å²) in [5, 5.41) is 7.01. The second-order valence-electron chi connectivity index (χ2n) is 13.1. The number of anilines is 2. The molecule has 0 saturated carbocycles. The van der Waals surface area contributed by atoms with Crippen molar-refractivity contribution in [2.24, 2.45) is 7.05 Å². The number of imide groups is 1. The van der Waals surface area contributed by atoms with Gasteiger partial charge in [-0.2, -0.15) is 0 Å². The first-order valence-electron chi connectivity index (χ1n) is 17.2. The number of carbonyl (C=O) groups is 3. The number of pyridine rings is 2. The van der Waals surface area contributed by atoms with E-state index >= 15 is 0 Å². The molecule has 53 heavy (non-hydrogen) atoms. The molecule has 2 aliphatic heterocycles. The summed E-state index contributed by atoms with van der Waals surface area (Å²) in [7, 11) is 1.79. The molecule has 2 aliphatic rings. The van der Waals surface area contributed by atoms with Crippen molar-refractivity contribution < 1.29 is 18.8 Å². The van der Waals surface area contributed by atoms with Gasteiger partial charge in [0.15, 0.2) is 5.82 Å². The molecule has 1 saturated heterocycles. The van der Waals surface area contributed by atoms with Crippen molar-refractivity contribution in [2.45, 2.75) is 38.5 Å². The average Bonchev–Trinajstić information content (AvgIpc) is 3.58. The largest absolute Gasteiger partial charge is 0.464 e. The van der Waals surface area contributed by atoms with Crippen LogP contribution < -0.4 is 21.1 Å². The van der Waals surface area contributed by atoms with Crippen LogP contribution in [0.25, 0.3) is 33.3 Å². The summed E-state index contributed by atoms with van der Waals surface area (Å²) in [6.07, 6.45) is 7.21. The molecule has 0 aliphatic carbocycles. The van der Waals surface area contributed by atoms with E-state index in [4.69, 9.17) is 21.0 Å². The highest BCUT2D eigenvalue weighted by Crippen LogP contribution is 2.37. The lowest BCUT2D eigenvalue weighted by Gasteiger charge is -2.31. The van der Waals surface area contributed by atoms with Gasteiger partial charge in [0, 0.05) is 59.2 Å². The zero-order valence-corrected chi connectivity index (χ0v) is 29.6. The number of fused-ring (bicyclic) bond motifs is 3. The quantitative estimate of drug-likeness (QED) is 0.174. The first-order valence-corrected chi connectivity index (χ1v) is 17.5. The van der Waals surface area contributed by atoms with E-state index in [1.807, 2.05) is 31.2 Å². The lowest BCUT2D eigenvalue weighted by molar-refractivity contribution is -0.134. The van der Waals surface area contributed by atoms with Crippen molar-refractivity contribution in [3.8, 4) is 23.2 Å². The number of nitrogens with zero attached hydrogens (tertiary/aromatic N) is 5. The second kappa shape index (κ2) is 13.7. The summed E-state index contributed by atoms with van der Waals surface area (Å²) >= 11 is 6.56. The number of benzene rings is 2. The Labute approximate surface area is 308 Å². The number of nitrogens with one attached hydrogen (secondary N) is 2. The van der Waals surface area contributed by atoms with Crippen molar-refractivity contribution >= 4 is 62.6 Å². The van der Waals surface area contributed by atoms with E-state index < -0.39 is 11.8 Å². The molecule has 1 atom stereocenters. The van der Waals surface area contributed by atoms with Crippen molar-refractivity contribution in [1.29, 1.82) is 0 Å². The summed E-state index contributed by atoms with van der Waals surface area (Å²) in [4.78, 5) is 65.7. The number of hydrogen-bond acceptors (Lipinski definition) is 9. The van der Waals surface area contributed by atoms with Gasteiger partial charge in [-0.25, -0.2) is 15.0 Å². The van der Waals surface area contributed by atoms with Crippen LogP contribution in [-0.2, 0) is 23.1 Å². The third-order valence-electron chi connectivity index (χ3n) is 9.75. The monoisotopic (exact) mass is 725 g/mol.